The Balaban J connectivity index is 1.57. The Morgan fingerprint density at radius 2 is 1.95 bits per heavy atom. The second-order valence-corrected chi connectivity index (χ2v) is 10.9. The predicted molar refractivity (Wildman–Crippen MR) is 147 cm³/mol. The first kappa shape index (κ1) is 29.2. The molecule has 2 aromatic heterocycles. The van der Waals surface area contributed by atoms with Gasteiger partial charge in [0.05, 0.1) is 29.7 Å². The molecule has 12 heteroatoms. The summed E-state index contributed by atoms with van der Waals surface area (Å²) in [6, 6.07) is 9.71. The van der Waals surface area contributed by atoms with Crippen molar-refractivity contribution >= 4 is 40.7 Å². The Kier molecular flexibility index (Phi) is 8.27. The fourth-order valence-corrected chi connectivity index (χ4v) is 5.79. The first-order valence-corrected chi connectivity index (χ1v) is 13.7. The fourth-order valence-electron chi connectivity index (χ4n) is 5.55. The second-order valence-electron chi connectivity index (χ2n) is 10.5. The molecule has 2 atom stereocenters. The van der Waals surface area contributed by atoms with Crippen LogP contribution in [-0.2, 0) is 14.4 Å². The zero-order valence-electron chi connectivity index (χ0n) is 22.2. The summed E-state index contributed by atoms with van der Waals surface area (Å²) in [6.07, 6.45) is 2.97. The third kappa shape index (κ3) is 5.99. The maximum Gasteiger partial charge on any atom is 0.251 e. The van der Waals surface area contributed by atoms with Crippen molar-refractivity contribution in [1.29, 1.82) is 5.26 Å². The number of ketones is 1. The number of hydrogen-bond acceptors (Lipinski definition) is 6. The van der Waals surface area contributed by atoms with Crippen LogP contribution in [-0.4, -0.2) is 39.5 Å². The molecule has 1 aliphatic heterocycles. The molecule has 1 saturated carbocycles. The Labute approximate surface area is 244 Å². The van der Waals surface area contributed by atoms with E-state index in [0.29, 0.717) is 0 Å². The number of hydrogen-bond donors (Lipinski definition) is 0. The average molecular weight is 596 g/mol. The summed E-state index contributed by atoms with van der Waals surface area (Å²) in [7, 11) is 0. The summed E-state index contributed by atoms with van der Waals surface area (Å²) in [5.74, 6) is -5.41. The highest BCUT2D eigenvalue weighted by Crippen LogP contribution is 2.45. The molecule has 2 amide bonds. The molecule has 2 fully saturated rings. The maximum absolute atomic E-state index is 14.5. The van der Waals surface area contributed by atoms with Crippen LogP contribution in [0.1, 0.15) is 55.7 Å². The topological polar surface area (TPSA) is 107 Å². The van der Waals surface area contributed by atoms with Gasteiger partial charge in [-0.2, -0.15) is 5.26 Å². The van der Waals surface area contributed by atoms with Gasteiger partial charge >= 0.3 is 0 Å². The number of nitriles is 1. The number of aromatic nitrogens is 2. The van der Waals surface area contributed by atoms with Gasteiger partial charge < -0.3 is 0 Å². The largest absolute Gasteiger partial charge is 0.297 e. The quantitative estimate of drug-likeness (QED) is 0.309. The van der Waals surface area contributed by atoms with E-state index < -0.39 is 41.4 Å². The van der Waals surface area contributed by atoms with Crippen molar-refractivity contribution in [3.63, 3.8) is 0 Å². The van der Waals surface area contributed by atoms with E-state index in [1.165, 1.54) is 29.4 Å². The Morgan fingerprint density at radius 3 is 2.64 bits per heavy atom. The molecule has 42 heavy (non-hydrogen) atoms. The van der Waals surface area contributed by atoms with Crippen LogP contribution in [0.3, 0.4) is 0 Å². The molecule has 0 unspecified atom stereocenters. The summed E-state index contributed by atoms with van der Waals surface area (Å²) >= 11 is 6.53. The van der Waals surface area contributed by atoms with Crippen molar-refractivity contribution in [1.82, 2.24) is 9.97 Å². The lowest BCUT2D eigenvalue weighted by molar-refractivity contribution is -0.129. The molecular formula is C30H25ClF3N5O3. The number of rotatable bonds is 9. The van der Waals surface area contributed by atoms with E-state index in [9.17, 15) is 32.8 Å². The predicted octanol–water partition coefficient (Wildman–Crippen LogP) is 5.81. The molecule has 216 valence electrons. The van der Waals surface area contributed by atoms with Crippen LogP contribution in [0.15, 0.2) is 61.1 Å². The third-order valence-electron chi connectivity index (χ3n) is 7.56. The molecule has 3 aromatic rings. The van der Waals surface area contributed by atoms with Crippen molar-refractivity contribution in [2.24, 2.45) is 5.92 Å². The van der Waals surface area contributed by atoms with Crippen molar-refractivity contribution in [3.05, 3.63) is 83.0 Å². The molecule has 0 radical (unpaired) electrons. The van der Waals surface area contributed by atoms with Crippen molar-refractivity contribution in [2.45, 2.75) is 56.5 Å². The van der Waals surface area contributed by atoms with Gasteiger partial charge in [0.2, 0.25) is 11.8 Å². The summed E-state index contributed by atoms with van der Waals surface area (Å²) in [5, 5.41) is 9.51. The highest BCUT2D eigenvalue weighted by atomic mass is 35.5. The van der Waals surface area contributed by atoms with Crippen LogP contribution in [0.2, 0.25) is 5.02 Å². The Bertz CT molecular complexity index is 1570. The van der Waals surface area contributed by atoms with Gasteiger partial charge in [-0.15, -0.1) is 0 Å². The SMILES string of the molecule is N#Cc1ccnc(N2C(=O)CC[C@H]2C(=O)N(c2cncc(F)c2)[C@H](C(=O)CCC2CC(F)(F)C2)c2ccccc2Cl)c1. The molecular weight excluding hydrogens is 571 g/mol. The van der Waals surface area contributed by atoms with Crippen LogP contribution in [0.25, 0.3) is 0 Å². The first-order valence-electron chi connectivity index (χ1n) is 13.3. The smallest absolute Gasteiger partial charge is 0.251 e. The van der Waals surface area contributed by atoms with Crippen LogP contribution in [0.4, 0.5) is 24.7 Å². The molecule has 1 aliphatic carbocycles. The normalized spacial score (nSPS) is 18.7. The maximum atomic E-state index is 14.5. The van der Waals surface area contributed by atoms with Crippen LogP contribution in [0.5, 0.6) is 0 Å². The minimum absolute atomic E-state index is 0.00922. The van der Waals surface area contributed by atoms with E-state index in [4.69, 9.17) is 11.6 Å². The zero-order valence-corrected chi connectivity index (χ0v) is 23.0. The van der Waals surface area contributed by atoms with Gasteiger partial charge in [0.1, 0.15) is 23.7 Å². The third-order valence-corrected chi connectivity index (χ3v) is 7.91. The lowest BCUT2D eigenvalue weighted by Gasteiger charge is -2.37. The van der Waals surface area contributed by atoms with E-state index in [-0.39, 0.29) is 72.1 Å². The molecule has 5 rings (SSSR count). The van der Waals surface area contributed by atoms with Crippen molar-refractivity contribution in [3.8, 4) is 6.07 Å². The number of anilines is 2. The van der Waals surface area contributed by atoms with Gasteiger partial charge in [0.25, 0.3) is 5.91 Å². The number of carbonyl (C=O) groups excluding carboxylic acids is 3. The Morgan fingerprint density at radius 1 is 1.19 bits per heavy atom. The highest BCUT2D eigenvalue weighted by molar-refractivity contribution is 6.31. The average Bonchev–Trinajstić information content (AvgIpc) is 3.35. The summed E-state index contributed by atoms with van der Waals surface area (Å²) in [6.45, 7) is 0. The Hall–Kier alpha value is -4.30. The summed E-state index contributed by atoms with van der Waals surface area (Å²) in [5.41, 5.74) is 0.426. The van der Waals surface area contributed by atoms with Gasteiger partial charge in [-0.25, -0.2) is 18.2 Å². The number of halogens is 4. The minimum Gasteiger partial charge on any atom is -0.297 e. The fraction of sp³-hybridized carbons (Fsp3) is 0.333. The molecule has 0 spiro atoms. The van der Waals surface area contributed by atoms with Gasteiger partial charge in [-0.1, -0.05) is 29.8 Å². The standard InChI is InChI=1S/C30H25ClF3N5O3/c31-23-4-2-1-3-22(23)28(25(40)7-5-19-13-30(33,34)14-19)38(21-12-20(32)16-36-17-21)29(42)24-6-8-27(41)39(24)26-11-18(15-35)9-10-37-26/h1-4,9-12,16-17,19,24,28H,5-8,13-14H2/t24-,28-/m0/s1. The summed E-state index contributed by atoms with van der Waals surface area (Å²) in [4.78, 5) is 51.7. The van der Waals surface area contributed by atoms with Gasteiger partial charge in [0.15, 0.2) is 5.78 Å². The van der Waals surface area contributed by atoms with Crippen molar-refractivity contribution < 1.29 is 27.6 Å². The molecule has 8 nitrogen and oxygen atoms in total. The molecule has 3 heterocycles. The number of benzene rings is 1. The molecule has 0 bridgehead atoms. The highest BCUT2D eigenvalue weighted by Gasteiger charge is 2.47. The molecule has 1 aromatic carbocycles. The number of alkyl halides is 2. The molecule has 1 saturated heterocycles. The van der Waals surface area contributed by atoms with E-state index in [1.807, 2.05) is 6.07 Å². The monoisotopic (exact) mass is 595 g/mol. The number of amides is 2. The lowest BCUT2D eigenvalue weighted by Crippen LogP contribution is -2.50. The molecule has 0 N–H and O–H groups in total. The van der Waals surface area contributed by atoms with E-state index in [0.717, 1.165) is 17.2 Å². The number of nitrogens with zero attached hydrogens (tertiary/aromatic N) is 5. The summed E-state index contributed by atoms with van der Waals surface area (Å²) < 4.78 is 41.4. The van der Waals surface area contributed by atoms with E-state index in [1.54, 1.807) is 24.3 Å². The second kappa shape index (κ2) is 11.9. The number of Topliss-reactive ketones (excluding diaryl/α,β-unsaturated/α-hetero) is 1. The minimum atomic E-state index is -2.75. The van der Waals surface area contributed by atoms with Crippen LogP contribution in [0, 0.1) is 23.1 Å². The van der Waals surface area contributed by atoms with Gasteiger partial charge in [-0.3, -0.25) is 29.2 Å². The van der Waals surface area contributed by atoms with E-state index >= 15 is 0 Å². The first-order chi connectivity index (χ1) is 20.1. The van der Waals surface area contributed by atoms with Crippen LogP contribution < -0.4 is 9.80 Å². The number of carbonyl (C=O) groups is 3. The van der Waals surface area contributed by atoms with Gasteiger partial charge in [0, 0.05) is 48.5 Å². The van der Waals surface area contributed by atoms with E-state index in [2.05, 4.69) is 9.97 Å². The number of pyridine rings is 2. The lowest BCUT2D eigenvalue weighted by atomic mass is 9.77. The molecule has 2 aliphatic rings. The van der Waals surface area contributed by atoms with Gasteiger partial charge in [-0.05, 0) is 37.0 Å². The van der Waals surface area contributed by atoms with Crippen LogP contribution >= 0.6 is 11.6 Å². The van der Waals surface area contributed by atoms with Crippen molar-refractivity contribution in [2.75, 3.05) is 9.80 Å². The zero-order chi connectivity index (χ0) is 30.0.